The van der Waals surface area contributed by atoms with E-state index in [2.05, 4.69) is 14.9 Å². The van der Waals surface area contributed by atoms with Crippen molar-refractivity contribution in [2.24, 2.45) is 5.92 Å². The summed E-state index contributed by atoms with van der Waals surface area (Å²) in [7, 11) is 0. The minimum absolute atomic E-state index is 0.220. The number of ether oxygens (including phenoxy) is 1. The maximum atomic E-state index is 11.2. The molecule has 0 amide bonds. The summed E-state index contributed by atoms with van der Waals surface area (Å²) in [6.07, 6.45) is 2.29. The lowest BCUT2D eigenvalue weighted by Gasteiger charge is -2.32. The largest absolute Gasteiger partial charge is 0.493 e. The van der Waals surface area contributed by atoms with Gasteiger partial charge in [0.25, 0.3) is 0 Å². The molecular weight excluding hydrogens is 485 g/mol. The number of likely N-dealkylation sites (tertiary alicyclic amines) is 1. The zero-order valence-corrected chi connectivity index (χ0v) is 20.5. The van der Waals surface area contributed by atoms with Crippen molar-refractivity contribution in [3.05, 3.63) is 81.8 Å². The fraction of sp³-hybridized carbons (Fsp3) is 0.259. The molecule has 0 bridgehead atoms. The second-order valence-electron chi connectivity index (χ2n) is 8.95. The predicted molar refractivity (Wildman–Crippen MR) is 138 cm³/mol. The van der Waals surface area contributed by atoms with Crippen LogP contribution in [0.15, 0.2) is 60.7 Å². The summed E-state index contributed by atoms with van der Waals surface area (Å²) >= 11 is 12.2. The van der Waals surface area contributed by atoms with E-state index in [1.807, 2.05) is 42.5 Å². The number of aromatic nitrogens is 2. The second-order valence-corrected chi connectivity index (χ2v) is 9.76. The number of aromatic carboxylic acids is 1. The number of imidazole rings is 1. The van der Waals surface area contributed by atoms with Crippen molar-refractivity contribution in [3.8, 4) is 17.1 Å². The first-order valence-corrected chi connectivity index (χ1v) is 12.3. The number of benzene rings is 3. The number of nitrogens with one attached hydrogen (secondary N) is 1. The van der Waals surface area contributed by atoms with E-state index in [4.69, 9.17) is 27.9 Å². The van der Waals surface area contributed by atoms with Gasteiger partial charge in [-0.1, -0.05) is 29.3 Å². The molecule has 1 fully saturated rings. The number of nitrogens with zero attached hydrogens (tertiary/aromatic N) is 2. The highest BCUT2D eigenvalue weighted by molar-refractivity contribution is 6.42. The Morgan fingerprint density at radius 1 is 1.09 bits per heavy atom. The number of carboxylic acids is 1. The number of aromatic amines is 1. The molecule has 0 spiro atoms. The van der Waals surface area contributed by atoms with Gasteiger partial charge in [-0.2, -0.15) is 0 Å². The van der Waals surface area contributed by atoms with Crippen molar-refractivity contribution in [1.29, 1.82) is 0 Å². The van der Waals surface area contributed by atoms with Gasteiger partial charge >= 0.3 is 5.97 Å². The van der Waals surface area contributed by atoms with E-state index in [0.29, 0.717) is 33.9 Å². The minimum atomic E-state index is -0.964. The molecule has 1 unspecified atom stereocenters. The van der Waals surface area contributed by atoms with Crippen LogP contribution >= 0.6 is 23.2 Å². The van der Waals surface area contributed by atoms with Crippen LogP contribution in [0.5, 0.6) is 5.75 Å². The van der Waals surface area contributed by atoms with Gasteiger partial charge in [0.05, 0.1) is 33.2 Å². The van der Waals surface area contributed by atoms with Gasteiger partial charge in [-0.25, -0.2) is 9.78 Å². The molecule has 5 rings (SSSR count). The number of hydrogen-bond acceptors (Lipinski definition) is 4. The lowest BCUT2D eigenvalue weighted by atomic mass is 9.98. The van der Waals surface area contributed by atoms with Gasteiger partial charge in [-0.3, -0.25) is 4.90 Å². The lowest BCUT2D eigenvalue weighted by molar-refractivity contribution is 0.0697. The lowest BCUT2D eigenvalue weighted by Crippen LogP contribution is -2.37. The molecule has 0 saturated carbocycles. The highest BCUT2D eigenvalue weighted by atomic mass is 35.5. The summed E-state index contributed by atoms with van der Waals surface area (Å²) in [6.45, 7) is 3.57. The Bertz CT molecular complexity index is 1350. The van der Waals surface area contributed by atoms with Crippen molar-refractivity contribution < 1.29 is 14.6 Å². The third-order valence-electron chi connectivity index (χ3n) is 6.34. The molecule has 1 saturated heterocycles. The molecule has 8 heteroatoms. The molecule has 1 atom stereocenters. The summed E-state index contributed by atoms with van der Waals surface area (Å²) in [5.41, 5.74) is 3.73. The summed E-state index contributed by atoms with van der Waals surface area (Å²) in [4.78, 5) is 21.4. The number of fused-ring (bicyclic) bond motifs is 1. The van der Waals surface area contributed by atoms with Crippen molar-refractivity contribution in [2.45, 2.75) is 19.4 Å². The summed E-state index contributed by atoms with van der Waals surface area (Å²) in [5.74, 6) is 1.01. The van der Waals surface area contributed by atoms with E-state index < -0.39 is 5.97 Å². The molecule has 2 heterocycles. The average Bonchev–Trinajstić information content (AvgIpc) is 3.29. The SMILES string of the molecule is O=C(O)c1ccc2[nH]c(-c3ccc(OCC4CCCN(Cc5ccc(Cl)c(Cl)c5)C4)cc3)nc2c1. The van der Waals surface area contributed by atoms with E-state index >= 15 is 0 Å². The van der Waals surface area contributed by atoms with Gasteiger partial charge in [0.15, 0.2) is 0 Å². The van der Waals surface area contributed by atoms with Crippen molar-refractivity contribution in [3.63, 3.8) is 0 Å². The number of hydrogen-bond donors (Lipinski definition) is 2. The first-order valence-electron chi connectivity index (χ1n) is 11.6. The summed E-state index contributed by atoms with van der Waals surface area (Å²) in [5, 5.41) is 10.4. The van der Waals surface area contributed by atoms with Gasteiger partial charge < -0.3 is 14.8 Å². The Morgan fingerprint density at radius 3 is 2.69 bits per heavy atom. The molecule has 2 N–H and O–H groups in total. The smallest absolute Gasteiger partial charge is 0.335 e. The van der Waals surface area contributed by atoms with E-state index in [-0.39, 0.29) is 5.56 Å². The molecule has 0 aliphatic carbocycles. The summed E-state index contributed by atoms with van der Waals surface area (Å²) < 4.78 is 6.11. The van der Waals surface area contributed by atoms with E-state index in [1.165, 1.54) is 5.56 Å². The van der Waals surface area contributed by atoms with Crippen LogP contribution in [0.4, 0.5) is 0 Å². The van der Waals surface area contributed by atoms with Gasteiger partial charge in [-0.15, -0.1) is 0 Å². The number of rotatable bonds is 7. The standard InChI is InChI=1S/C27H25Cl2N3O3/c28-22-9-3-17(12-23(22)29)14-32-11-1-2-18(15-32)16-35-21-7-4-19(5-8-21)26-30-24-10-6-20(27(33)34)13-25(24)31-26/h3-10,12-13,18H,1-2,11,14-16H2,(H,30,31)(H,33,34). The molecule has 4 aromatic rings. The number of carbonyl (C=O) groups is 1. The zero-order chi connectivity index (χ0) is 24.4. The molecule has 180 valence electrons. The van der Waals surface area contributed by atoms with Gasteiger partial charge in [0, 0.05) is 24.6 Å². The van der Waals surface area contributed by atoms with Crippen LogP contribution in [-0.4, -0.2) is 45.6 Å². The molecule has 1 aromatic heterocycles. The van der Waals surface area contributed by atoms with Crippen LogP contribution in [0.3, 0.4) is 0 Å². The first-order chi connectivity index (χ1) is 16.9. The monoisotopic (exact) mass is 509 g/mol. The molecule has 35 heavy (non-hydrogen) atoms. The number of halogens is 2. The maximum absolute atomic E-state index is 11.2. The van der Waals surface area contributed by atoms with Crippen LogP contribution in [0.1, 0.15) is 28.8 Å². The van der Waals surface area contributed by atoms with Gasteiger partial charge in [0.1, 0.15) is 11.6 Å². The van der Waals surface area contributed by atoms with E-state index in [0.717, 1.165) is 49.3 Å². The van der Waals surface area contributed by atoms with Crippen LogP contribution in [-0.2, 0) is 6.54 Å². The van der Waals surface area contributed by atoms with Gasteiger partial charge in [0.2, 0.25) is 0 Å². The Kier molecular flexibility index (Phi) is 6.95. The fourth-order valence-electron chi connectivity index (χ4n) is 4.53. The van der Waals surface area contributed by atoms with Crippen LogP contribution in [0, 0.1) is 5.92 Å². The zero-order valence-electron chi connectivity index (χ0n) is 19.0. The number of carboxylic acid groups (broad SMARTS) is 1. The van der Waals surface area contributed by atoms with Crippen molar-refractivity contribution >= 4 is 40.2 Å². The number of piperidine rings is 1. The fourth-order valence-corrected chi connectivity index (χ4v) is 4.85. The van der Waals surface area contributed by atoms with E-state index in [1.54, 1.807) is 18.2 Å². The Balaban J connectivity index is 1.18. The predicted octanol–water partition coefficient (Wildman–Crippen LogP) is 6.53. The van der Waals surface area contributed by atoms with Gasteiger partial charge in [-0.05, 0) is 79.5 Å². The Morgan fingerprint density at radius 2 is 1.91 bits per heavy atom. The molecule has 3 aromatic carbocycles. The third-order valence-corrected chi connectivity index (χ3v) is 7.08. The van der Waals surface area contributed by atoms with E-state index in [9.17, 15) is 9.90 Å². The van der Waals surface area contributed by atoms with Crippen molar-refractivity contribution in [1.82, 2.24) is 14.9 Å². The normalized spacial score (nSPS) is 16.5. The van der Waals surface area contributed by atoms with Crippen LogP contribution in [0.2, 0.25) is 10.0 Å². The maximum Gasteiger partial charge on any atom is 0.335 e. The molecule has 1 aliphatic heterocycles. The topological polar surface area (TPSA) is 78.4 Å². The Hall–Kier alpha value is -3.06. The second kappa shape index (κ2) is 10.3. The average molecular weight is 510 g/mol. The first kappa shape index (κ1) is 23.7. The molecule has 6 nitrogen and oxygen atoms in total. The van der Waals surface area contributed by atoms with Crippen molar-refractivity contribution in [2.75, 3.05) is 19.7 Å². The summed E-state index contributed by atoms with van der Waals surface area (Å²) in [6, 6.07) is 18.5. The molecule has 1 aliphatic rings. The number of H-pyrrole nitrogens is 1. The minimum Gasteiger partial charge on any atom is -0.493 e. The van der Waals surface area contributed by atoms with Crippen LogP contribution in [0.25, 0.3) is 22.4 Å². The highest BCUT2D eigenvalue weighted by Crippen LogP contribution is 2.27. The molecule has 0 radical (unpaired) electrons. The third kappa shape index (κ3) is 5.61. The Labute approximate surface area is 213 Å². The van der Waals surface area contributed by atoms with Crippen LogP contribution < -0.4 is 4.74 Å². The highest BCUT2D eigenvalue weighted by Gasteiger charge is 2.21. The quantitative estimate of drug-likeness (QED) is 0.296. The molecular formula is C27H25Cl2N3O3.